The smallest absolute Gasteiger partial charge is 0.407 e. The molecule has 14 heteroatoms. The summed E-state index contributed by atoms with van der Waals surface area (Å²) in [5, 5.41) is 14.4. The first-order chi connectivity index (χ1) is 20.6. The number of ether oxygens (including phenoxy) is 3. The van der Waals surface area contributed by atoms with Crippen molar-refractivity contribution in [2.75, 3.05) is 43.7 Å². The van der Waals surface area contributed by atoms with E-state index in [0.29, 0.717) is 25.5 Å². The number of carbonyl (C=O) groups excluding carboxylic acids is 3. The number of thioether (sulfide) groups is 1. The fraction of sp³-hybridized carbons (Fsp3) is 0.517. The molecule has 1 fully saturated rings. The third-order valence-electron chi connectivity index (χ3n) is 6.43. The monoisotopic (exact) mass is 613 g/mol. The van der Waals surface area contributed by atoms with E-state index >= 15 is 0 Å². The SMILES string of the molecule is COC(=O)c1nn(C2CCOCC2)cc1NC(=O)c1cccc(-c2cnn(CCCSCCNC(=O)OC(C)(C)C)c2)n1. The summed E-state index contributed by atoms with van der Waals surface area (Å²) in [6.07, 6.45) is 7.29. The quantitative estimate of drug-likeness (QED) is 0.225. The summed E-state index contributed by atoms with van der Waals surface area (Å²) in [6.45, 7) is 7.99. The van der Waals surface area contributed by atoms with E-state index in [1.54, 1.807) is 41.0 Å². The Morgan fingerprint density at radius 3 is 2.67 bits per heavy atom. The van der Waals surface area contributed by atoms with Crippen LogP contribution in [-0.4, -0.2) is 86.5 Å². The molecule has 0 atom stereocenters. The number of aryl methyl sites for hydroxylation is 1. The number of aromatic nitrogens is 5. The van der Waals surface area contributed by atoms with Crippen LogP contribution < -0.4 is 10.6 Å². The Kier molecular flexibility index (Phi) is 11.2. The topological polar surface area (TPSA) is 151 Å². The minimum atomic E-state index is -0.633. The number of alkyl carbamates (subject to hydrolysis) is 1. The van der Waals surface area contributed by atoms with E-state index in [1.807, 2.05) is 37.7 Å². The third-order valence-corrected chi connectivity index (χ3v) is 7.50. The normalized spacial score (nSPS) is 13.9. The Bertz CT molecular complexity index is 1390. The van der Waals surface area contributed by atoms with Crippen LogP contribution in [-0.2, 0) is 20.8 Å². The maximum absolute atomic E-state index is 13.2. The summed E-state index contributed by atoms with van der Waals surface area (Å²) < 4.78 is 19.1. The molecule has 1 aliphatic heterocycles. The number of nitrogens with zero attached hydrogens (tertiary/aromatic N) is 5. The van der Waals surface area contributed by atoms with Gasteiger partial charge in [0, 0.05) is 50.0 Å². The van der Waals surface area contributed by atoms with Crippen molar-refractivity contribution in [1.82, 2.24) is 29.9 Å². The number of esters is 1. The van der Waals surface area contributed by atoms with Crippen molar-refractivity contribution in [1.29, 1.82) is 0 Å². The van der Waals surface area contributed by atoms with Crippen LogP contribution in [0.1, 0.15) is 67.1 Å². The predicted octanol–water partition coefficient (Wildman–Crippen LogP) is 4.18. The Balaban J connectivity index is 1.29. The molecule has 0 radical (unpaired) electrons. The van der Waals surface area contributed by atoms with Crippen LogP contribution in [0.3, 0.4) is 0 Å². The molecule has 0 spiro atoms. The Hall–Kier alpha value is -3.91. The van der Waals surface area contributed by atoms with Crippen LogP contribution in [0.2, 0.25) is 0 Å². The van der Waals surface area contributed by atoms with Crippen LogP contribution in [0.4, 0.5) is 10.5 Å². The minimum absolute atomic E-state index is 0.0391. The minimum Gasteiger partial charge on any atom is -0.464 e. The molecular weight excluding hydrogens is 574 g/mol. The zero-order valence-corrected chi connectivity index (χ0v) is 25.8. The maximum Gasteiger partial charge on any atom is 0.407 e. The average Bonchev–Trinajstić information content (AvgIpc) is 3.63. The van der Waals surface area contributed by atoms with E-state index < -0.39 is 23.6 Å². The van der Waals surface area contributed by atoms with Crippen molar-refractivity contribution in [2.24, 2.45) is 0 Å². The van der Waals surface area contributed by atoms with E-state index in [9.17, 15) is 14.4 Å². The largest absolute Gasteiger partial charge is 0.464 e. The fourth-order valence-corrected chi connectivity index (χ4v) is 5.15. The van der Waals surface area contributed by atoms with Crippen molar-refractivity contribution in [3.05, 3.63) is 48.2 Å². The van der Waals surface area contributed by atoms with Gasteiger partial charge in [-0.1, -0.05) is 6.07 Å². The van der Waals surface area contributed by atoms with Gasteiger partial charge < -0.3 is 24.8 Å². The predicted molar refractivity (Wildman–Crippen MR) is 162 cm³/mol. The molecule has 4 rings (SSSR count). The van der Waals surface area contributed by atoms with Crippen LogP contribution >= 0.6 is 11.8 Å². The summed E-state index contributed by atoms with van der Waals surface area (Å²) in [5.74, 6) is 0.604. The van der Waals surface area contributed by atoms with Gasteiger partial charge in [0.1, 0.15) is 11.3 Å². The lowest BCUT2D eigenvalue weighted by molar-refractivity contribution is 0.0529. The van der Waals surface area contributed by atoms with E-state index in [2.05, 4.69) is 25.8 Å². The van der Waals surface area contributed by atoms with E-state index in [1.165, 1.54) is 7.11 Å². The fourth-order valence-electron chi connectivity index (χ4n) is 4.36. The highest BCUT2D eigenvalue weighted by Crippen LogP contribution is 2.25. The van der Waals surface area contributed by atoms with Crippen molar-refractivity contribution in [3.8, 4) is 11.3 Å². The van der Waals surface area contributed by atoms with Crippen LogP contribution in [0.15, 0.2) is 36.8 Å². The van der Waals surface area contributed by atoms with Gasteiger partial charge in [0.15, 0.2) is 5.69 Å². The standard InChI is InChI=1S/C29H39N7O6S/c1-29(2,3)42-28(39)30-11-16-43-15-6-12-35-18-20(17-31-35)22-7-5-8-23(32-22)26(37)33-24-19-36(21-9-13-41-14-10-21)34-25(24)27(38)40-4/h5,7-8,17-19,21H,6,9-16H2,1-4H3,(H,30,39)(H,33,37). The number of hydrogen-bond acceptors (Lipinski definition) is 10. The molecule has 0 aromatic carbocycles. The van der Waals surface area contributed by atoms with Gasteiger partial charge in [-0.15, -0.1) is 0 Å². The first kappa shape index (κ1) is 32.0. The van der Waals surface area contributed by atoms with Crippen molar-refractivity contribution < 1.29 is 28.6 Å². The molecule has 3 aromatic heterocycles. The summed E-state index contributed by atoms with van der Waals surface area (Å²) in [4.78, 5) is 41.8. The molecule has 232 valence electrons. The zero-order valence-electron chi connectivity index (χ0n) is 25.0. The summed E-state index contributed by atoms with van der Waals surface area (Å²) >= 11 is 1.75. The lowest BCUT2D eigenvalue weighted by Gasteiger charge is -2.22. The van der Waals surface area contributed by atoms with Crippen LogP contribution in [0, 0.1) is 0 Å². The summed E-state index contributed by atoms with van der Waals surface area (Å²) in [6, 6.07) is 5.25. The Morgan fingerprint density at radius 1 is 1.14 bits per heavy atom. The summed E-state index contributed by atoms with van der Waals surface area (Å²) in [7, 11) is 1.28. The molecule has 0 unspecified atom stereocenters. The van der Waals surface area contributed by atoms with E-state index in [0.717, 1.165) is 42.9 Å². The second kappa shape index (κ2) is 15.0. The number of methoxy groups -OCH3 is 1. The molecule has 3 aromatic rings. The van der Waals surface area contributed by atoms with Crippen LogP contribution in [0.5, 0.6) is 0 Å². The number of amides is 2. The van der Waals surface area contributed by atoms with Gasteiger partial charge >= 0.3 is 12.1 Å². The molecular formula is C29H39N7O6S. The number of carbonyl (C=O) groups is 3. The molecule has 0 aliphatic carbocycles. The first-order valence-electron chi connectivity index (χ1n) is 14.2. The highest BCUT2D eigenvalue weighted by molar-refractivity contribution is 7.99. The van der Waals surface area contributed by atoms with Gasteiger partial charge in [-0.3, -0.25) is 14.2 Å². The second-order valence-electron chi connectivity index (χ2n) is 11.0. The first-order valence-corrected chi connectivity index (χ1v) is 15.4. The molecule has 43 heavy (non-hydrogen) atoms. The van der Waals surface area contributed by atoms with Gasteiger partial charge in [-0.2, -0.15) is 22.0 Å². The molecule has 2 amide bonds. The molecule has 0 bridgehead atoms. The average molecular weight is 614 g/mol. The molecule has 4 heterocycles. The second-order valence-corrected chi connectivity index (χ2v) is 12.2. The highest BCUT2D eigenvalue weighted by atomic mass is 32.2. The number of hydrogen-bond donors (Lipinski definition) is 2. The van der Waals surface area contributed by atoms with Gasteiger partial charge in [0.2, 0.25) is 0 Å². The zero-order chi connectivity index (χ0) is 30.8. The van der Waals surface area contributed by atoms with Gasteiger partial charge in [0.25, 0.3) is 5.91 Å². The highest BCUT2D eigenvalue weighted by Gasteiger charge is 2.24. The van der Waals surface area contributed by atoms with Crippen molar-refractivity contribution in [2.45, 2.75) is 58.2 Å². The Labute approximate surface area is 255 Å². The maximum atomic E-state index is 13.2. The number of rotatable bonds is 12. The Morgan fingerprint density at radius 2 is 1.93 bits per heavy atom. The third kappa shape index (κ3) is 9.55. The molecule has 1 saturated heterocycles. The number of nitrogens with one attached hydrogen (secondary N) is 2. The van der Waals surface area contributed by atoms with Gasteiger partial charge in [0.05, 0.1) is 30.7 Å². The molecule has 2 N–H and O–H groups in total. The number of pyridine rings is 1. The number of anilines is 1. The van der Waals surface area contributed by atoms with E-state index in [4.69, 9.17) is 14.2 Å². The van der Waals surface area contributed by atoms with E-state index in [-0.39, 0.29) is 23.1 Å². The lowest BCUT2D eigenvalue weighted by atomic mass is 10.1. The van der Waals surface area contributed by atoms with Gasteiger partial charge in [-0.05, 0) is 57.9 Å². The van der Waals surface area contributed by atoms with Crippen LogP contribution in [0.25, 0.3) is 11.3 Å². The summed E-state index contributed by atoms with van der Waals surface area (Å²) in [5.41, 5.74) is 1.38. The molecule has 0 saturated carbocycles. The molecule has 13 nitrogen and oxygen atoms in total. The lowest BCUT2D eigenvalue weighted by Crippen LogP contribution is -2.33. The van der Waals surface area contributed by atoms with Crippen molar-refractivity contribution >= 4 is 35.4 Å². The van der Waals surface area contributed by atoms with Crippen molar-refractivity contribution in [3.63, 3.8) is 0 Å². The van der Waals surface area contributed by atoms with Gasteiger partial charge in [-0.25, -0.2) is 14.6 Å². The molecule has 1 aliphatic rings.